The number of benzene rings is 1. The van der Waals surface area contributed by atoms with Crippen LogP contribution in [0.25, 0.3) is 11.0 Å². The van der Waals surface area contributed by atoms with Crippen LogP contribution in [0.5, 0.6) is 0 Å². The molecule has 0 aliphatic carbocycles. The minimum atomic E-state index is 0.861. The average molecular weight is 193 g/mol. The summed E-state index contributed by atoms with van der Waals surface area (Å²) in [5, 5.41) is 4.73. The highest BCUT2D eigenvalue weighted by Gasteiger charge is 1.95. The van der Waals surface area contributed by atoms with E-state index in [1.54, 1.807) is 6.20 Å². The fourth-order valence-corrected chi connectivity index (χ4v) is 0.967. The van der Waals surface area contributed by atoms with Crippen LogP contribution in [0.4, 0.5) is 0 Å². The fraction of sp³-hybridized carbons (Fsp3) is 0.417. The van der Waals surface area contributed by atoms with E-state index in [2.05, 4.69) is 5.16 Å². The zero-order valence-electron chi connectivity index (χ0n) is 9.66. The Bertz CT molecular complexity index is 352. The van der Waals surface area contributed by atoms with Crippen LogP contribution >= 0.6 is 0 Å². The molecule has 0 unspecified atom stereocenters. The van der Waals surface area contributed by atoms with Crippen molar-refractivity contribution in [2.45, 2.75) is 34.6 Å². The van der Waals surface area contributed by atoms with Crippen LogP contribution in [-0.2, 0) is 0 Å². The van der Waals surface area contributed by atoms with E-state index in [0.29, 0.717) is 0 Å². The van der Waals surface area contributed by atoms with E-state index >= 15 is 0 Å². The molecule has 0 aliphatic heterocycles. The first-order chi connectivity index (χ1) is 6.86. The molecule has 0 atom stereocenters. The first-order valence-electron chi connectivity index (χ1n) is 5.17. The lowest BCUT2D eigenvalue weighted by Gasteiger charge is -1.87. The first kappa shape index (κ1) is 12.7. The predicted molar refractivity (Wildman–Crippen MR) is 61.4 cm³/mol. The number of nitrogens with zero attached hydrogens (tertiary/aromatic N) is 1. The van der Waals surface area contributed by atoms with Crippen molar-refractivity contribution < 1.29 is 4.52 Å². The monoisotopic (exact) mass is 193 g/mol. The van der Waals surface area contributed by atoms with Gasteiger partial charge in [0.2, 0.25) is 0 Å². The third-order valence-electron chi connectivity index (χ3n) is 1.51. The van der Waals surface area contributed by atoms with Crippen LogP contribution in [0.1, 0.15) is 33.3 Å². The highest BCUT2D eigenvalue weighted by Crippen LogP contribution is 2.13. The molecule has 0 aliphatic rings. The van der Waals surface area contributed by atoms with E-state index in [1.165, 1.54) is 5.56 Å². The molecule has 0 bridgehead atoms. The van der Waals surface area contributed by atoms with Crippen molar-refractivity contribution in [2.75, 3.05) is 0 Å². The second kappa shape index (κ2) is 7.13. The Morgan fingerprint density at radius 1 is 1.07 bits per heavy atom. The molecule has 2 heteroatoms. The minimum Gasteiger partial charge on any atom is -0.356 e. The van der Waals surface area contributed by atoms with Crippen molar-refractivity contribution in [1.82, 2.24) is 5.16 Å². The number of rotatable bonds is 0. The molecule has 14 heavy (non-hydrogen) atoms. The van der Waals surface area contributed by atoms with Gasteiger partial charge in [0.25, 0.3) is 0 Å². The van der Waals surface area contributed by atoms with Crippen molar-refractivity contribution in [3.05, 3.63) is 30.0 Å². The van der Waals surface area contributed by atoms with Crippen LogP contribution in [-0.4, -0.2) is 5.16 Å². The summed E-state index contributed by atoms with van der Waals surface area (Å²) in [6.45, 7) is 10.0. The third-order valence-corrected chi connectivity index (χ3v) is 1.51. The van der Waals surface area contributed by atoms with Gasteiger partial charge in [0, 0.05) is 5.39 Å². The van der Waals surface area contributed by atoms with Crippen molar-refractivity contribution in [3.63, 3.8) is 0 Å². The largest absolute Gasteiger partial charge is 0.356 e. The maximum Gasteiger partial charge on any atom is 0.167 e. The molecule has 0 amide bonds. The maximum absolute atomic E-state index is 4.95. The minimum absolute atomic E-state index is 0.861. The van der Waals surface area contributed by atoms with Crippen LogP contribution < -0.4 is 0 Å². The topological polar surface area (TPSA) is 26.0 Å². The van der Waals surface area contributed by atoms with Gasteiger partial charge in [0.15, 0.2) is 5.58 Å². The van der Waals surface area contributed by atoms with Crippen LogP contribution in [0.3, 0.4) is 0 Å². The molecule has 2 aromatic rings. The van der Waals surface area contributed by atoms with Gasteiger partial charge < -0.3 is 4.52 Å². The first-order valence-corrected chi connectivity index (χ1v) is 5.17. The van der Waals surface area contributed by atoms with Gasteiger partial charge in [-0.25, -0.2) is 0 Å². The summed E-state index contributed by atoms with van der Waals surface area (Å²) in [6.07, 6.45) is 1.72. The Hall–Kier alpha value is -1.31. The summed E-state index contributed by atoms with van der Waals surface area (Å²) in [6, 6.07) is 6.02. The van der Waals surface area contributed by atoms with Gasteiger partial charge in [-0.15, -0.1) is 0 Å². The smallest absolute Gasteiger partial charge is 0.167 e. The molecule has 1 aromatic carbocycles. The van der Waals surface area contributed by atoms with E-state index in [4.69, 9.17) is 4.52 Å². The van der Waals surface area contributed by atoms with Gasteiger partial charge in [0.1, 0.15) is 0 Å². The molecule has 0 fully saturated rings. The fourth-order valence-electron chi connectivity index (χ4n) is 0.967. The van der Waals surface area contributed by atoms with Crippen LogP contribution in [0, 0.1) is 6.92 Å². The lowest BCUT2D eigenvalue weighted by atomic mass is 10.2. The summed E-state index contributed by atoms with van der Waals surface area (Å²) in [4.78, 5) is 0. The van der Waals surface area contributed by atoms with Gasteiger partial charge in [-0.05, 0) is 24.6 Å². The number of hydrogen-bond acceptors (Lipinski definition) is 2. The van der Waals surface area contributed by atoms with Gasteiger partial charge in [0.05, 0.1) is 6.20 Å². The van der Waals surface area contributed by atoms with Gasteiger partial charge >= 0.3 is 0 Å². The van der Waals surface area contributed by atoms with E-state index in [9.17, 15) is 0 Å². The van der Waals surface area contributed by atoms with Crippen molar-refractivity contribution in [2.24, 2.45) is 0 Å². The Morgan fingerprint density at radius 3 is 2.36 bits per heavy atom. The van der Waals surface area contributed by atoms with Crippen LogP contribution in [0.15, 0.2) is 28.9 Å². The van der Waals surface area contributed by atoms with Crippen LogP contribution in [0.2, 0.25) is 0 Å². The number of aryl methyl sites for hydroxylation is 1. The summed E-state index contributed by atoms with van der Waals surface area (Å²) in [5.74, 6) is 0. The highest BCUT2D eigenvalue weighted by molar-refractivity contribution is 5.76. The highest BCUT2D eigenvalue weighted by atomic mass is 16.5. The second-order valence-corrected chi connectivity index (χ2v) is 2.37. The molecular formula is C12H19NO. The average Bonchev–Trinajstić information content (AvgIpc) is 2.71. The lowest BCUT2D eigenvalue weighted by Crippen LogP contribution is -1.67. The summed E-state index contributed by atoms with van der Waals surface area (Å²) < 4.78 is 4.95. The van der Waals surface area contributed by atoms with Gasteiger partial charge in [-0.2, -0.15) is 0 Å². The standard InChI is InChI=1S/C8H7NO.2C2H6/c1-6-2-3-7-5-9-10-8(7)4-6;2*1-2/h2-5H,1H3;2*1-2H3. The van der Waals surface area contributed by atoms with Crippen molar-refractivity contribution in [3.8, 4) is 0 Å². The molecule has 0 radical (unpaired) electrons. The normalized spacial score (nSPS) is 8.36. The Morgan fingerprint density at radius 2 is 1.71 bits per heavy atom. The van der Waals surface area contributed by atoms with E-state index in [0.717, 1.165) is 11.0 Å². The van der Waals surface area contributed by atoms with E-state index in [1.807, 2.05) is 52.8 Å². The molecule has 2 rings (SSSR count). The van der Waals surface area contributed by atoms with E-state index < -0.39 is 0 Å². The third kappa shape index (κ3) is 3.21. The second-order valence-electron chi connectivity index (χ2n) is 2.37. The Kier molecular flexibility index (Phi) is 6.46. The number of hydrogen-bond donors (Lipinski definition) is 0. The predicted octanol–water partition coefficient (Wildman–Crippen LogP) is 4.19. The zero-order valence-corrected chi connectivity index (χ0v) is 9.66. The maximum atomic E-state index is 4.95. The number of fused-ring (bicyclic) bond motifs is 1. The van der Waals surface area contributed by atoms with Gasteiger partial charge in [-0.3, -0.25) is 0 Å². The molecule has 1 heterocycles. The lowest BCUT2D eigenvalue weighted by molar-refractivity contribution is 0.456. The molecule has 0 saturated carbocycles. The van der Waals surface area contributed by atoms with Crippen molar-refractivity contribution >= 4 is 11.0 Å². The molecule has 0 saturated heterocycles. The SMILES string of the molecule is CC.CC.Cc1ccc2cnoc2c1. The molecule has 1 aromatic heterocycles. The zero-order chi connectivity index (χ0) is 11.0. The molecule has 0 N–H and O–H groups in total. The van der Waals surface area contributed by atoms with Crippen molar-refractivity contribution in [1.29, 1.82) is 0 Å². The molecule has 0 spiro atoms. The molecule has 2 nitrogen and oxygen atoms in total. The van der Waals surface area contributed by atoms with Gasteiger partial charge in [-0.1, -0.05) is 38.9 Å². The summed E-state index contributed by atoms with van der Waals surface area (Å²) in [7, 11) is 0. The molecular weight excluding hydrogens is 174 g/mol. The summed E-state index contributed by atoms with van der Waals surface area (Å²) >= 11 is 0. The Labute approximate surface area is 85.9 Å². The Balaban J connectivity index is 0.000000379. The van der Waals surface area contributed by atoms with E-state index in [-0.39, 0.29) is 0 Å². The quantitative estimate of drug-likeness (QED) is 0.627. The molecule has 78 valence electrons. The number of aromatic nitrogens is 1. The summed E-state index contributed by atoms with van der Waals surface area (Å²) in [5.41, 5.74) is 2.06.